The van der Waals surface area contributed by atoms with Gasteiger partial charge >= 0.3 is 0 Å². The smallest absolute Gasteiger partial charge is 0.280 e. The summed E-state index contributed by atoms with van der Waals surface area (Å²) in [6.07, 6.45) is 0. The molecule has 0 spiro atoms. The van der Waals surface area contributed by atoms with Crippen LogP contribution in [0.1, 0.15) is 33.3 Å². The van der Waals surface area contributed by atoms with E-state index in [1.54, 1.807) is 26.0 Å². The van der Waals surface area contributed by atoms with Crippen molar-refractivity contribution in [1.29, 1.82) is 0 Å². The number of nitrogens with zero attached hydrogens (tertiary/aromatic N) is 1. The van der Waals surface area contributed by atoms with Gasteiger partial charge in [-0.2, -0.15) is 17.4 Å². The Labute approximate surface area is 116 Å². The molecule has 0 radical (unpaired) electrons. The summed E-state index contributed by atoms with van der Waals surface area (Å²) in [5, 5.41) is 0. The van der Waals surface area contributed by atoms with Crippen molar-refractivity contribution in [3.63, 3.8) is 0 Å². The molecular formula is C13H23N3O2S. The van der Waals surface area contributed by atoms with Crippen LogP contribution in [0.25, 0.3) is 0 Å². The highest BCUT2D eigenvalue weighted by Gasteiger charge is 2.25. The van der Waals surface area contributed by atoms with E-state index in [2.05, 4.69) is 4.72 Å². The molecule has 1 aromatic carbocycles. The molecule has 0 fully saturated rings. The maximum absolute atomic E-state index is 12.3. The topological polar surface area (TPSA) is 75.4 Å². The summed E-state index contributed by atoms with van der Waals surface area (Å²) in [5.41, 5.74) is 7.23. The van der Waals surface area contributed by atoms with Crippen LogP contribution in [0.2, 0.25) is 0 Å². The van der Waals surface area contributed by atoms with Gasteiger partial charge in [-0.3, -0.25) is 0 Å². The van der Waals surface area contributed by atoms with Crippen LogP contribution >= 0.6 is 0 Å². The molecular weight excluding hydrogens is 262 g/mol. The Morgan fingerprint density at radius 3 is 2.37 bits per heavy atom. The maximum atomic E-state index is 12.3. The molecule has 1 aromatic rings. The summed E-state index contributed by atoms with van der Waals surface area (Å²) in [6, 6.07) is 7.01. The number of rotatable bonds is 6. The van der Waals surface area contributed by atoms with E-state index in [9.17, 15) is 8.42 Å². The number of hydrogen-bond donors (Lipinski definition) is 2. The highest BCUT2D eigenvalue weighted by Crippen LogP contribution is 2.14. The van der Waals surface area contributed by atoms with Gasteiger partial charge in [0.15, 0.2) is 0 Å². The third kappa shape index (κ3) is 4.81. The van der Waals surface area contributed by atoms with E-state index in [1.807, 2.05) is 26.0 Å². The van der Waals surface area contributed by atoms with Crippen molar-refractivity contribution in [2.24, 2.45) is 0 Å². The van der Waals surface area contributed by atoms with Gasteiger partial charge in [-0.25, -0.2) is 0 Å². The first kappa shape index (κ1) is 15.9. The van der Waals surface area contributed by atoms with Crippen molar-refractivity contribution in [3.8, 4) is 0 Å². The summed E-state index contributed by atoms with van der Waals surface area (Å²) in [7, 11) is -3.49. The number of nitrogens with one attached hydrogen (secondary N) is 1. The molecule has 19 heavy (non-hydrogen) atoms. The maximum Gasteiger partial charge on any atom is 0.280 e. The fourth-order valence-corrected chi connectivity index (χ4v) is 3.39. The average Bonchev–Trinajstić information content (AvgIpc) is 2.23. The normalized spacial score (nSPS) is 12.6. The Kier molecular flexibility index (Phi) is 5.34. The first-order valence-corrected chi connectivity index (χ1v) is 7.80. The lowest BCUT2D eigenvalue weighted by atomic mass is 10.2. The van der Waals surface area contributed by atoms with Gasteiger partial charge in [0.2, 0.25) is 0 Å². The van der Waals surface area contributed by atoms with Crippen LogP contribution in [-0.2, 0) is 16.8 Å². The van der Waals surface area contributed by atoms with Crippen molar-refractivity contribution in [3.05, 3.63) is 29.8 Å². The SMILES string of the molecule is CC(C)NS(=O)(=O)N(Cc1cccc(N)c1)C(C)C. The van der Waals surface area contributed by atoms with Crippen molar-refractivity contribution in [2.75, 3.05) is 5.73 Å². The average molecular weight is 285 g/mol. The lowest BCUT2D eigenvalue weighted by Crippen LogP contribution is -2.46. The molecule has 0 aliphatic carbocycles. The van der Waals surface area contributed by atoms with Crippen molar-refractivity contribution in [1.82, 2.24) is 9.03 Å². The van der Waals surface area contributed by atoms with E-state index in [-0.39, 0.29) is 12.1 Å². The zero-order valence-electron chi connectivity index (χ0n) is 11.9. The van der Waals surface area contributed by atoms with E-state index < -0.39 is 10.2 Å². The van der Waals surface area contributed by atoms with Gasteiger partial charge in [0, 0.05) is 24.3 Å². The molecule has 0 saturated heterocycles. The minimum absolute atomic E-state index is 0.127. The van der Waals surface area contributed by atoms with Crippen LogP contribution in [-0.4, -0.2) is 24.8 Å². The number of nitrogens with two attached hydrogens (primary N) is 1. The highest BCUT2D eigenvalue weighted by molar-refractivity contribution is 7.87. The molecule has 0 amide bonds. The number of hydrogen-bond acceptors (Lipinski definition) is 3. The number of anilines is 1. The second kappa shape index (κ2) is 6.36. The molecule has 0 aromatic heterocycles. The van der Waals surface area contributed by atoms with E-state index in [0.717, 1.165) is 5.56 Å². The Morgan fingerprint density at radius 2 is 1.89 bits per heavy atom. The van der Waals surface area contributed by atoms with Gasteiger partial charge in [-0.15, -0.1) is 0 Å². The summed E-state index contributed by atoms with van der Waals surface area (Å²) < 4.78 is 28.5. The molecule has 0 aliphatic heterocycles. The molecule has 5 nitrogen and oxygen atoms in total. The van der Waals surface area contributed by atoms with Gasteiger partial charge in [0.25, 0.3) is 10.2 Å². The van der Waals surface area contributed by atoms with E-state index >= 15 is 0 Å². The number of benzene rings is 1. The summed E-state index contributed by atoms with van der Waals surface area (Å²) in [6.45, 7) is 7.62. The third-order valence-corrected chi connectivity index (χ3v) is 4.50. The molecule has 0 unspecified atom stereocenters. The Morgan fingerprint density at radius 1 is 1.26 bits per heavy atom. The van der Waals surface area contributed by atoms with Crippen molar-refractivity contribution >= 4 is 15.9 Å². The molecule has 108 valence electrons. The Hall–Kier alpha value is -1.11. The van der Waals surface area contributed by atoms with Gasteiger partial charge in [-0.05, 0) is 45.4 Å². The predicted molar refractivity (Wildman–Crippen MR) is 78.7 cm³/mol. The molecule has 1 rings (SSSR count). The quantitative estimate of drug-likeness (QED) is 0.781. The molecule has 0 saturated carbocycles. The highest BCUT2D eigenvalue weighted by atomic mass is 32.2. The van der Waals surface area contributed by atoms with Crippen molar-refractivity contribution < 1.29 is 8.42 Å². The van der Waals surface area contributed by atoms with Crippen LogP contribution in [0.15, 0.2) is 24.3 Å². The van der Waals surface area contributed by atoms with E-state index in [1.165, 1.54) is 4.31 Å². The molecule has 0 aliphatic rings. The standard InChI is InChI=1S/C13H23N3O2S/c1-10(2)15-19(17,18)16(11(3)4)9-12-6-5-7-13(14)8-12/h5-8,10-11,15H,9,14H2,1-4H3. The molecule has 0 heterocycles. The second-order valence-electron chi connectivity index (χ2n) is 5.16. The summed E-state index contributed by atoms with van der Waals surface area (Å²) >= 11 is 0. The largest absolute Gasteiger partial charge is 0.399 e. The molecule has 0 bridgehead atoms. The minimum Gasteiger partial charge on any atom is -0.399 e. The van der Waals surface area contributed by atoms with E-state index in [4.69, 9.17) is 5.73 Å². The fraction of sp³-hybridized carbons (Fsp3) is 0.538. The minimum atomic E-state index is -3.49. The lowest BCUT2D eigenvalue weighted by Gasteiger charge is -2.27. The Balaban J connectivity index is 2.96. The predicted octanol–water partition coefficient (Wildman–Crippen LogP) is 1.72. The summed E-state index contributed by atoms with van der Waals surface area (Å²) in [5.74, 6) is 0. The van der Waals surface area contributed by atoms with Gasteiger partial charge in [-0.1, -0.05) is 12.1 Å². The Bertz CT molecular complexity index is 512. The summed E-state index contributed by atoms with van der Waals surface area (Å²) in [4.78, 5) is 0. The van der Waals surface area contributed by atoms with Crippen LogP contribution < -0.4 is 10.5 Å². The van der Waals surface area contributed by atoms with Gasteiger partial charge in [0.1, 0.15) is 0 Å². The van der Waals surface area contributed by atoms with Gasteiger partial charge < -0.3 is 5.73 Å². The molecule has 0 atom stereocenters. The van der Waals surface area contributed by atoms with Gasteiger partial charge in [0.05, 0.1) is 0 Å². The van der Waals surface area contributed by atoms with Crippen molar-refractivity contribution in [2.45, 2.75) is 46.3 Å². The van der Waals surface area contributed by atoms with Crippen LogP contribution in [0, 0.1) is 0 Å². The fourth-order valence-electron chi connectivity index (χ4n) is 1.78. The zero-order chi connectivity index (χ0) is 14.6. The third-order valence-electron chi connectivity index (χ3n) is 2.56. The van der Waals surface area contributed by atoms with Crippen LogP contribution in [0.4, 0.5) is 5.69 Å². The van der Waals surface area contributed by atoms with E-state index in [0.29, 0.717) is 12.2 Å². The molecule has 3 N–H and O–H groups in total. The first-order valence-electron chi connectivity index (χ1n) is 6.36. The van der Waals surface area contributed by atoms with Crippen LogP contribution in [0.3, 0.4) is 0 Å². The first-order chi connectivity index (χ1) is 8.72. The number of nitrogen functional groups attached to an aromatic ring is 1. The lowest BCUT2D eigenvalue weighted by molar-refractivity contribution is 0.340. The zero-order valence-corrected chi connectivity index (χ0v) is 12.7. The second-order valence-corrected chi connectivity index (χ2v) is 6.82. The monoisotopic (exact) mass is 285 g/mol. The molecule has 6 heteroatoms. The van der Waals surface area contributed by atoms with Crippen LogP contribution in [0.5, 0.6) is 0 Å².